The van der Waals surface area contributed by atoms with E-state index in [2.05, 4.69) is 24.0 Å². The summed E-state index contributed by atoms with van der Waals surface area (Å²) in [7, 11) is 0. The first-order valence-electron chi connectivity index (χ1n) is 7.49. The Kier molecular flexibility index (Phi) is 5.06. The average Bonchev–Trinajstić information content (AvgIpc) is 2.99. The van der Waals surface area contributed by atoms with Gasteiger partial charge < -0.3 is 5.32 Å². The Morgan fingerprint density at radius 1 is 1.17 bits per heavy atom. The van der Waals surface area contributed by atoms with Crippen molar-refractivity contribution in [3.8, 4) is 0 Å². The second-order valence-corrected chi connectivity index (χ2v) is 7.33. The monoisotopic (exact) mass is 359 g/mol. The number of aryl methyl sites for hydroxylation is 2. The van der Waals surface area contributed by atoms with Crippen LogP contribution in [0.1, 0.15) is 23.9 Å². The fraction of sp³-hybridized carbons (Fsp3) is 0.312. The van der Waals surface area contributed by atoms with E-state index in [9.17, 15) is 4.79 Å². The van der Waals surface area contributed by atoms with Crippen LogP contribution in [0.15, 0.2) is 29.4 Å². The number of aromatic nitrogens is 4. The summed E-state index contributed by atoms with van der Waals surface area (Å²) in [6, 6.07) is 7.74. The van der Waals surface area contributed by atoms with Crippen molar-refractivity contribution in [1.29, 1.82) is 0 Å². The number of fused-ring (bicyclic) bond motifs is 1. The number of rotatable bonds is 5. The summed E-state index contributed by atoms with van der Waals surface area (Å²) in [4.78, 5) is 21.0. The number of amides is 1. The van der Waals surface area contributed by atoms with Gasteiger partial charge in [0.1, 0.15) is 11.0 Å². The molecule has 1 aromatic carbocycles. The van der Waals surface area contributed by atoms with Gasteiger partial charge in [-0.25, -0.2) is 9.97 Å². The van der Waals surface area contributed by atoms with Gasteiger partial charge in [-0.15, -0.1) is 0 Å². The van der Waals surface area contributed by atoms with Crippen molar-refractivity contribution in [2.45, 2.75) is 37.7 Å². The molecule has 0 saturated carbocycles. The molecule has 3 aromatic rings. The van der Waals surface area contributed by atoms with E-state index in [4.69, 9.17) is 0 Å². The molecular formula is C16H17N5OS2. The second-order valence-electron chi connectivity index (χ2n) is 5.50. The third-order valence-electron chi connectivity index (χ3n) is 3.40. The van der Waals surface area contributed by atoms with Crippen molar-refractivity contribution < 1.29 is 4.79 Å². The van der Waals surface area contributed by atoms with Crippen LogP contribution in [0.25, 0.3) is 11.0 Å². The lowest BCUT2D eigenvalue weighted by Gasteiger charge is -2.11. The first kappa shape index (κ1) is 16.8. The molecule has 0 aliphatic carbocycles. The Hall–Kier alpha value is -2.06. The highest BCUT2D eigenvalue weighted by Crippen LogP contribution is 2.20. The minimum atomic E-state index is -0.268. The number of thioether (sulfide) groups is 1. The molecule has 1 amide bonds. The first-order valence-corrected chi connectivity index (χ1v) is 9.10. The summed E-state index contributed by atoms with van der Waals surface area (Å²) in [5.41, 5.74) is 4.55. The van der Waals surface area contributed by atoms with Gasteiger partial charge in [-0.3, -0.25) is 4.79 Å². The van der Waals surface area contributed by atoms with Crippen molar-refractivity contribution in [2.75, 3.05) is 0 Å². The summed E-state index contributed by atoms with van der Waals surface area (Å²) in [5, 5.41) is 3.31. The average molecular weight is 359 g/mol. The maximum Gasteiger partial charge on any atom is 0.233 e. The van der Waals surface area contributed by atoms with Crippen LogP contribution in [0.5, 0.6) is 0 Å². The summed E-state index contributed by atoms with van der Waals surface area (Å²) < 4.78 is 8.38. The van der Waals surface area contributed by atoms with Crippen molar-refractivity contribution in [1.82, 2.24) is 24.0 Å². The number of hydrogen-bond donors (Lipinski definition) is 1. The number of hydrogen-bond acceptors (Lipinski definition) is 7. The molecular weight excluding hydrogens is 342 g/mol. The normalized spacial score (nSPS) is 12.3. The van der Waals surface area contributed by atoms with Crippen molar-refractivity contribution >= 4 is 40.4 Å². The van der Waals surface area contributed by atoms with E-state index in [1.807, 2.05) is 45.0 Å². The minimum Gasteiger partial charge on any atom is -0.351 e. The zero-order valence-electron chi connectivity index (χ0n) is 13.6. The summed E-state index contributed by atoms with van der Waals surface area (Å²) in [6.45, 7) is 6.17. The third-order valence-corrected chi connectivity index (χ3v) is 4.92. The van der Waals surface area contributed by atoms with E-state index in [0.717, 1.165) is 28.0 Å². The van der Waals surface area contributed by atoms with Crippen LogP contribution in [0.4, 0.5) is 0 Å². The van der Waals surface area contributed by atoms with Crippen LogP contribution in [-0.4, -0.2) is 29.9 Å². The van der Waals surface area contributed by atoms with Gasteiger partial charge in [0.05, 0.1) is 17.0 Å². The lowest BCUT2D eigenvalue weighted by molar-refractivity contribution is -0.120. The Morgan fingerprint density at radius 2 is 1.88 bits per heavy atom. The molecule has 0 fully saturated rings. The number of nitrogens with one attached hydrogen (secondary N) is 1. The Labute approximate surface area is 148 Å². The van der Waals surface area contributed by atoms with Gasteiger partial charge in [-0.05, 0) is 44.5 Å². The lowest BCUT2D eigenvalue weighted by Crippen LogP contribution is -2.30. The minimum absolute atomic E-state index is 0.0424. The van der Waals surface area contributed by atoms with Gasteiger partial charge in [0, 0.05) is 17.9 Å². The zero-order chi connectivity index (χ0) is 17.1. The third kappa shape index (κ3) is 4.07. The molecule has 1 atom stereocenters. The van der Waals surface area contributed by atoms with Crippen LogP contribution < -0.4 is 5.32 Å². The first-order chi connectivity index (χ1) is 11.5. The van der Waals surface area contributed by atoms with E-state index in [0.29, 0.717) is 11.7 Å². The molecule has 0 spiro atoms. The smallest absolute Gasteiger partial charge is 0.233 e. The van der Waals surface area contributed by atoms with E-state index in [-0.39, 0.29) is 11.2 Å². The number of carbonyl (C=O) groups is 1. The highest BCUT2D eigenvalue weighted by atomic mass is 32.2. The van der Waals surface area contributed by atoms with Gasteiger partial charge in [0.15, 0.2) is 5.16 Å². The predicted octanol–water partition coefficient (Wildman–Crippen LogP) is 2.90. The number of nitrogens with zero attached hydrogens (tertiary/aromatic N) is 4. The van der Waals surface area contributed by atoms with Crippen molar-refractivity contribution in [3.63, 3.8) is 0 Å². The molecule has 124 valence electrons. The fourth-order valence-electron chi connectivity index (χ4n) is 2.23. The highest BCUT2D eigenvalue weighted by Gasteiger charge is 2.16. The van der Waals surface area contributed by atoms with Gasteiger partial charge in [-0.1, -0.05) is 17.8 Å². The summed E-state index contributed by atoms with van der Waals surface area (Å²) in [5.74, 6) is -0.0424. The quantitative estimate of drug-likeness (QED) is 0.557. The predicted molar refractivity (Wildman–Crippen MR) is 96.1 cm³/mol. The highest BCUT2D eigenvalue weighted by molar-refractivity contribution is 8.00. The van der Waals surface area contributed by atoms with E-state index in [1.165, 1.54) is 23.5 Å². The van der Waals surface area contributed by atoms with Crippen LogP contribution in [0.3, 0.4) is 0 Å². The molecule has 8 heteroatoms. The molecule has 0 saturated heterocycles. The maximum absolute atomic E-state index is 12.3. The summed E-state index contributed by atoms with van der Waals surface area (Å²) in [6.07, 6.45) is 0. The van der Waals surface area contributed by atoms with E-state index >= 15 is 0 Å². The van der Waals surface area contributed by atoms with E-state index in [1.54, 1.807) is 0 Å². The molecule has 1 unspecified atom stereocenters. The van der Waals surface area contributed by atoms with Crippen LogP contribution in [0, 0.1) is 13.8 Å². The topological polar surface area (TPSA) is 80.7 Å². The lowest BCUT2D eigenvalue weighted by atomic mass is 10.2. The molecule has 6 nitrogen and oxygen atoms in total. The Bertz CT molecular complexity index is 860. The maximum atomic E-state index is 12.3. The van der Waals surface area contributed by atoms with Crippen LogP contribution in [0.2, 0.25) is 0 Å². The van der Waals surface area contributed by atoms with Crippen molar-refractivity contribution in [3.05, 3.63) is 41.2 Å². The molecule has 2 aromatic heterocycles. The molecule has 0 bridgehead atoms. The van der Waals surface area contributed by atoms with Gasteiger partial charge in [0.25, 0.3) is 0 Å². The standard InChI is InChI=1S/C16H17N5OS2/c1-9-6-10(2)19-16(18-9)23-11(3)15(22)17-8-12-4-5-13-14(7-12)21-24-20-13/h4-7,11H,8H2,1-3H3,(H,17,22). The zero-order valence-corrected chi connectivity index (χ0v) is 15.2. The molecule has 24 heavy (non-hydrogen) atoms. The van der Waals surface area contributed by atoms with Gasteiger partial charge >= 0.3 is 0 Å². The summed E-state index contributed by atoms with van der Waals surface area (Å²) >= 11 is 2.55. The van der Waals surface area contributed by atoms with E-state index < -0.39 is 0 Å². The molecule has 0 radical (unpaired) electrons. The van der Waals surface area contributed by atoms with Gasteiger partial charge in [0.2, 0.25) is 5.91 Å². The Balaban J connectivity index is 1.59. The SMILES string of the molecule is Cc1cc(C)nc(SC(C)C(=O)NCc2ccc3nsnc3c2)n1. The van der Waals surface area contributed by atoms with Crippen molar-refractivity contribution in [2.24, 2.45) is 0 Å². The molecule has 2 heterocycles. The molecule has 1 N–H and O–H groups in total. The van der Waals surface area contributed by atoms with Gasteiger partial charge in [-0.2, -0.15) is 8.75 Å². The molecule has 0 aliphatic heterocycles. The van der Waals surface area contributed by atoms with Crippen LogP contribution >= 0.6 is 23.5 Å². The fourth-order valence-corrected chi connectivity index (χ4v) is 3.65. The number of carbonyl (C=O) groups excluding carboxylic acids is 1. The largest absolute Gasteiger partial charge is 0.351 e. The van der Waals surface area contributed by atoms with Crippen LogP contribution in [-0.2, 0) is 11.3 Å². The number of benzene rings is 1. The molecule has 3 rings (SSSR count). The second kappa shape index (κ2) is 7.23. The Morgan fingerprint density at radius 3 is 2.62 bits per heavy atom. The molecule has 0 aliphatic rings.